The van der Waals surface area contributed by atoms with Crippen molar-refractivity contribution in [2.45, 2.75) is 41.2 Å². The third-order valence-corrected chi connectivity index (χ3v) is 6.50. The molecule has 4 fully saturated rings. The molecule has 4 rings (SSSR count). The number of aliphatic carboxylic acids is 3. The lowest BCUT2D eigenvalue weighted by atomic mass is 9.29. The summed E-state index contributed by atoms with van der Waals surface area (Å²) in [6.45, 7) is 0. The zero-order chi connectivity index (χ0) is 25.7. The first-order chi connectivity index (χ1) is 13.8. The molecule has 0 heterocycles. The maximum absolute atomic E-state index is 15.0. The Morgan fingerprint density at radius 1 is 0.375 bits per heavy atom. The third-order valence-electron chi connectivity index (χ3n) is 6.50. The summed E-state index contributed by atoms with van der Waals surface area (Å²) in [5.41, 5.74) is -30.3. The number of alkyl halides is 13. The summed E-state index contributed by atoms with van der Waals surface area (Å²) in [4.78, 5) is 33.8. The highest BCUT2D eigenvalue weighted by Crippen LogP contribution is 2.93. The van der Waals surface area contributed by atoms with Crippen molar-refractivity contribution in [1.29, 1.82) is 0 Å². The molecule has 4 saturated carbocycles. The van der Waals surface area contributed by atoms with Crippen LogP contribution in [0.5, 0.6) is 0 Å². The first kappa shape index (κ1) is 24.1. The van der Waals surface area contributed by atoms with Crippen LogP contribution in [0.25, 0.3) is 0 Å². The van der Waals surface area contributed by atoms with Gasteiger partial charge in [-0.25, -0.2) is 57.1 Å². The van der Waals surface area contributed by atoms with Crippen molar-refractivity contribution < 1.29 is 86.8 Å². The van der Waals surface area contributed by atoms with Gasteiger partial charge in [0.15, 0.2) is 0 Å². The average Bonchev–Trinajstić information content (AvgIpc) is 2.47. The lowest BCUT2D eigenvalue weighted by Crippen LogP contribution is -3.07. The zero-order valence-corrected chi connectivity index (χ0v) is 14.0. The van der Waals surface area contributed by atoms with Crippen LogP contribution in [0, 0.1) is 16.2 Å². The second-order valence-electron chi connectivity index (χ2n) is 7.27. The lowest BCUT2D eigenvalue weighted by Gasteiger charge is -2.75. The number of hydrogen-bond donors (Lipinski definition) is 3. The number of hydrogen-bond acceptors (Lipinski definition) is 3. The molecule has 0 amide bonds. The molecular formula is C13H3F13O6. The maximum Gasteiger partial charge on any atom is 0.328 e. The molecule has 3 N–H and O–H groups in total. The Morgan fingerprint density at radius 3 is 0.656 bits per heavy atom. The molecule has 6 nitrogen and oxygen atoms in total. The molecule has 19 heteroatoms. The summed E-state index contributed by atoms with van der Waals surface area (Å²) in [5.74, 6) is -61.2. The SMILES string of the molecule is O=C(O)C12C(F)(F)C3(F)C(F)(F)C(C(=O)O)(C1(F)F)C(F)(F)C(C(=O)O)(C3(F)F)C2(F)F. The lowest BCUT2D eigenvalue weighted by molar-refractivity contribution is -0.597. The van der Waals surface area contributed by atoms with E-state index in [-0.39, 0.29) is 0 Å². The molecule has 0 aromatic carbocycles. The van der Waals surface area contributed by atoms with Crippen LogP contribution in [0.2, 0.25) is 0 Å². The van der Waals surface area contributed by atoms with E-state index < -0.39 is 75.4 Å². The summed E-state index contributed by atoms with van der Waals surface area (Å²) in [6, 6.07) is 0. The molecule has 0 aromatic rings. The molecule has 4 aliphatic rings. The van der Waals surface area contributed by atoms with Gasteiger partial charge in [-0.1, -0.05) is 0 Å². The van der Waals surface area contributed by atoms with Gasteiger partial charge in [0.25, 0.3) is 16.2 Å². The van der Waals surface area contributed by atoms with Gasteiger partial charge >= 0.3 is 59.1 Å². The second kappa shape index (κ2) is 4.87. The van der Waals surface area contributed by atoms with E-state index in [4.69, 9.17) is 15.3 Å². The highest BCUT2D eigenvalue weighted by Gasteiger charge is 3.24. The Labute approximate surface area is 163 Å². The summed E-state index contributed by atoms with van der Waals surface area (Å²) in [6.07, 6.45) is 0. The second-order valence-corrected chi connectivity index (χ2v) is 7.27. The normalized spacial score (nSPS) is 45.3. The van der Waals surface area contributed by atoms with Crippen LogP contribution in [-0.2, 0) is 14.4 Å². The minimum absolute atomic E-state index is 4.60. The summed E-state index contributed by atoms with van der Waals surface area (Å²) < 4.78 is 192. The fraction of sp³-hybridized carbons (Fsp3) is 0.769. The van der Waals surface area contributed by atoms with Gasteiger partial charge in [-0.15, -0.1) is 0 Å². The molecule has 0 spiro atoms. The molecular weight excluding hydrogens is 499 g/mol. The largest absolute Gasteiger partial charge is 0.480 e. The molecule has 0 aromatic heterocycles. The summed E-state index contributed by atoms with van der Waals surface area (Å²) >= 11 is 0. The van der Waals surface area contributed by atoms with E-state index in [9.17, 15) is 67.1 Å². The van der Waals surface area contributed by atoms with E-state index in [0.29, 0.717) is 0 Å². The van der Waals surface area contributed by atoms with Gasteiger partial charge in [-0.3, -0.25) is 14.4 Å². The zero-order valence-electron chi connectivity index (χ0n) is 14.0. The molecule has 4 aliphatic carbocycles. The van der Waals surface area contributed by atoms with Crippen LogP contribution in [-0.4, -0.2) is 74.4 Å². The number of carboxylic acids is 3. The first-order valence-electron chi connectivity index (χ1n) is 7.49. The minimum Gasteiger partial charge on any atom is -0.480 e. The van der Waals surface area contributed by atoms with Gasteiger partial charge in [0.05, 0.1) is 0 Å². The van der Waals surface area contributed by atoms with Crippen LogP contribution in [0.1, 0.15) is 0 Å². The van der Waals surface area contributed by atoms with Crippen molar-refractivity contribution in [1.82, 2.24) is 0 Å². The van der Waals surface area contributed by atoms with E-state index >= 15 is 4.39 Å². The molecule has 0 unspecified atom stereocenters. The standard InChI is InChI=1S/C13H3F13O6/c14-7-11(21,22)4(1(27)28)8(15,16)5(2(29)30,12(7,23)24)10(19,20)6(3(31)32,9(4,17)18)13(7,25)26/h(H,27,28)(H,29,30)(H,31,32). The Balaban J connectivity index is 2.93. The van der Waals surface area contributed by atoms with Crippen LogP contribution in [0.3, 0.4) is 0 Å². The fourth-order valence-corrected chi connectivity index (χ4v) is 5.19. The predicted octanol–water partition coefficient (Wildman–Crippen LogP) is 2.76. The molecule has 4 bridgehead atoms. The Kier molecular flexibility index (Phi) is 3.68. The van der Waals surface area contributed by atoms with Crippen molar-refractivity contribution in [2.75, 3.05) is 0 Å². The van der Waals surface area contributed by atoms with Gasteiger partial charge in [-0.05, 0) is 0 Å². The van der Waals surface area contributed by atoms with Crippen LogP contribution in [0.15, 0.2) is 0 Å². The quantitative estimate of drug-likeness (QED) is 0.512. The molecule has 0 radical (unpaired) electrons. The summed E-state index contributed by atoms with van der Waals surface area (Å²) in [5, 5.41) is 26.3. The highest BCUT2D eigenvalue weighted by molar-refractivity contribution is 5.96. The number of carboxylic acid groups (broad SMARTS) is 3. The Hall–Kier alpha value is -2.50. The highest BCUT2D eigenvalue weighted by atomic mass is 19.3. The fourth-order valence-electron chi connectivity index (χ4n) is 5.19. The number of rotatable bonds is 3. The third kappa shape index (κ3) is 1.27. The minimum atomic E-state index is -7.94. The maximum atomic E-state index is 15.0. The van der Waals surface area contributed by atoms with Crippen LogP contribution >= 0.6 is 0 Å². The van der Waals surface area contributed by atoms with Gasteiger partial charge in [0.1, 0.15) is 0 Å². The first-order valence-corrected chi connectivity index (χ1v) is 7.49. The number of halogens is 13. The van der Waals surface area contributed by atoms with E-state index in [1.54, 1.807) is 0 Å². The van der Waals surface area contributed by atoms with Crippen molar-refractivity contribution in [2.24, 2.45) is 16.2 Å². The van der Waals surface area contributed by atoms with Gasteiger partial charge in [0, 0.05) is 0 Å². The Bertz CT molecular complexity index is 845. The Morgan fingerprint density at radius 2 is 0.531 bits per heavy atom. The monoisotopic (exact) mass is 502 g/mol. The van der Waals surface area contributed by atoms with Crippen LogP contribution < -0.4 is 0 Å². The van der Waals surface area contributed by atoms with Crippen molar-refractivity contribution in [3.63, 3.8) is 0 Å². The smallest absolute Gasteiger partial charge is 0.328 e. The van der Waals surface area contributed by atoms with Crippen molar-refractivity contribution >= 4 is 17.9 Å². The van der Waals surface area contributed by atoms with E-state index in [2.05, 4.69) is 0 Å². The van der Waals surface area contributed by atoms with Crippen LogP contribution in [0.4, 0.5) is 57.1 Å². The molecule has 0 atom stereocenters. The van der Waals surface area contributed by atoms with Gasteiger partial charge in [0.2, 0.25) is 0 Å². The average molecular weight is 502 g/mol. The molecule has 0 saturated heterocycles. The summed E-state index contributed by atoms with van der Waals surface area (Å²) in [7, 11) is 0. The molecule has 0 aliphatic heterocycles. The van der Waals surface area contributed by atoms with Gasteiger partial charge in [-0.2, -0.15) is 0 Å². The predicted molar refractivity (Wildman–Crippen MR) is 63.7 cm³/mol. The number of carbonyl (C=O) groups is 3. The van der Waals surface area contributed by atoms with E-state index in [1.165, 1.54) is 0 Å². The van der Waals surface area contributed by atoms with Crippen molar-refractivity contribution in [3.05, 3.63) is 0 Å². The van der Waals surface area contributed by atoms with E-state index in [0.717, 1.165) is 0 Å². The molecule has 32 heavy (non-hydrogen) atoms. The van der Waals surface area contributed by atoms with Crippen molar-refractivity contribution in [3.8, 4) is 0 Å². The topological polar surface area (TPSA) is 112 Å². The van der Waals surface area contributed by atoms with Gasteiger partial charge < -0.3 is 15.3 Å². The molecule has 182 valence electrons. The van der Waals surface area contributed by atoms with E-state index in [1.807, 2.05) is 0 Å².